The van der Waals surface area contributed by atoms with Crippen LogP contribution >= 0.6 is 0 Å². The number of imidazole rings is 1. The molecule has 1 saturated heterocycles. The minimum Gasteiger partial charge on any atom is -0.497 e. The van der Waals surface area contributed by atoms with E-state index < -0.39 is 0 Å². The molecule has 4 rings (SSSR count). The molecule has 0 spiro atoms. The number of fused-ring (bicyclic) bond motifs is 1. The first-order chi connectivity index (χ1) is 12.7. The maximum atomic E-state index is 12.8. The number of carbonyl (C=O) groups is 1. The monoisotopic (exact) mass is 350 g/mol. The molecule has 26 heavy (non-hydrogen) atoms. The first-order valence-electron chi connectivity index (χ1n) is 8.78. The van der Waals surface area contributed by atoms with Crippen molar-refractivity contribution < 1.29 is 9.53 Å². The molecule has 3 aromatic rings. The van der Waals surface area contributed by atoms with Crippen LogP contribution in [0.15, 0.2) is 48.8 Å². The molecule has 2 aromatic heterocycles. The number of ether oxygens (including phenoxy) is 1. The van der Waals surface area contributed by atoms with Crippen molar-refractivity contribution in [3.05, 3.63) is 60.0 Å². The Kier molecular flexibility index (Phi) is 4.24. The van der Waals surface area contributed by atoms with Crippen LogP contribution in [0.4, 0.5) is 5.69 Å². The van der Waals surface area contributed by atoms with E-state index in [-0.39, 0.29) is 5.91 Å². The third-order valence-corrected chi connectivity index (χ3v) is 4.90. The van der Waals surface area contributed by atoms with Gasteiger partial charge in [-0.1, -0.05) is 6.07 Å². The van der Waals surface area contributed by atoms with Crippen LogP contribution in [0, 0.1) is 6.92 Å². The van der Waals surface area contributed by atoms with Crippen molar-refractivity contribution in [3.63, 3.8) is 0 Å². The van der Waals surface area contributed by atoms with E-state index in [9.17, 15) is 4.79 Å². The van der Waals surface area contributed by atoms with Crippen molar-refractivity contribution in [2.24, 2.45) is 0 Å². The Morgan fingerprint density at radius 2 is 1.81 bits per heavy atom. The highest BCUT2D eigenvalue weighted by Crippen LogP contribution is 2.21. The number of rotatable bonds is 3. The molecule has 0 unspecified atom stereocenters. The second-order valence-electron chi connectivity index (χ2n) is 6.53. The lowest BCUT2D eigenvalue weighted by Gasteiger charge is -2.35. The Hall–Kier alpha value is -3.02. The van der Waals surface area contributed by atoms with Gasteiger partial charge in [-0.25, -0.2) is 4.98 Å². The van der Waals surface area contributed by atoms with Crippen LogP contribution in [0.1, 0.15) is 16.1 Å². The van der Waals surface area contributed by atoms with Gasteiger partial charge in [0, 0.05) is 44.3 Å². The first-order valence-corrected chi connectivity index (χ1v) is 8.78. The Balaban J connectivity index is 1.44. The molecule has 1 fully saturated rings. The van der Waals surface area contributed by atoms with Crippen LogP contribution in [0.2, 0.25) is 0 Å². The van der Waals surface area contributed by atoms with E-state index in [0.29, 0.717) is 18.8 Å². The summed E-state index contributed by atoms with van der Waals surface area (Å²) in [6.45, 7) is 5.01. The number of amides is 1. The molecule has 134 valence electrons. The minimum atomic E-state index is 0.00230. The van der Waals surface area contributed by atoms with Gasteiger partial charge in [0.25, 0.3) is 5.91 Å². The van der Waals surface area contributed by atoms with Crippen molar-refractivity contribution in [1.82, 2.24) is 14.3 Å². The summed E-state index contributed by atoms with van der Waals surface area (Å²) >= 11 is 0. The van der Waals surface area contributed by atoms with Crippen LogP contribution in [-0.4, -0.2) is 53.5 Å². The molecule has 0 aliphatic carbocycles. The lowest BCUT2D eigenvalue weighted by atomic mass is 10.2. The lowest BCUT2D eigenvalue weighted by Crippen LogP contribution is -2.48. The zero-order valence-corrected chi connectivity index (χ0v) is 15.1. The summed E-state index contributed by atoms with van der Waals surface area (Å²) in [6.07, 6.45) is 3.74. The van der Waals surface area contributed by atoms with Crippen molar-refractivity contribution in [3.8, 4) is 5.75 Å². The van der Waals surface area contributed by atoms with Crippen LogP contribution in [-0.2, 0) is 0 Å². The fraction of sp³-hybridized carbons (Fsp3) is 0.300. The van der Waals surface area contributed by atoms with Gasteiger partial charge in [-0.05, 0) is 42.8 Å². The highest BCUT2D eigenvalue weighted by molar-refractivity contribution is 5.93. The molecule has 3 heterocycles. The highest BCUT2D eigenvalue weighted by Gasteiger charge is 2.24. The second-order valence-corrected chi connectivity index (χ2v) is 6.53. The Morgan fingerprint density at radius 3 is 2.46 bits per heavy atom. The summed E-state index contributed by atoms with van der Waals surface area (Å²) < 4.78 is 7.12. The standard InChI is InChI=1S/C20H22N4O2/c1-15-4-3-9-24-14-18(21-19(15)24)20(25)23-12-10-22(11-13-23)16-5-7-17(26-2)8-6-16/h3-9,14H,10-13H2,1-2H3. The van der Waals surface area contributed by atoms with Crippen LogP contribution in [0.3, 0.4) is 0 Å². The third kappa shape index (κ3) is 2.98. The number of piperazine rings is 1. The van der Waals surface area contributed by atoms with E-state index in [1.54, 1.807) is 7.11 Å². The quantitative estimate of drug-likeness (QED) is 0.729. The second kappa shape index (κ2) is 6.71. The molecular weight excluding hydrogens is 328 g/mol. The molecule has 6 heteroatoms. The molecule has 6 nitrogen and oxygen atoms in total. The molecule has 0 N–H and O–H groups in total. The number of nitrogens with zero attached hydrogens (tertiary/aromatic N) is 4. The Morgan fingerprint density at radius 1 is 1.08 bits per heavy atom. The van der Waals surface area contributed by atoms with Gasteiger partial charge in [-0.2, -0.15) is 0 Å². The fourth-order valence-electron chi connectivity index (χ4n) is 3.38. The number of methoxy groups -OCH3 is 1. The summed E-state index contributed by atoms with van der Waals surface area (Å²) in [5.74, 6) is 0.854. The van der Waals surface area contributed by atoms with E-state index in [1.807, 2.05) is 52.9 Å². The molecule has 1 aliphatic heterocycles. The SMILES string of the molecule is COc1ccc(N2CCN(C(=O)c3cn4cccc(C)c4n3)CC2)cc1. The summed E-state index contributed by atoms with van der Waals surface area (Å²) in [5, 5.41) is 0. The van der Waals surface area contributed by atoms with Crippen LogP contribution in [0.25, 0.3) is 5.65 Å². The molecular formula is C20H22N4O2. The predicted octanol–water partition coefficient (Wildman–Crippen LogP) is 2.61. The van der Waals surface area contributed by atoms with Gasteiger partial charge in [0.15, 0.2) is 0 Å². The van der Waals surface area contributed by atoms with Gasteiger partial charge in [-0.15, -0.1) is 0 Å². The Labute approximate surface area is 152 Å². The van der Waals surface area contributed by atoms with Crippen molar-refractivity contribution in [2.45, 2.75) is 6.92 Å². The third-order valence-electron chi connectivity index (χ3n) is 4.90. The van der Waals surface area contributed by atoms with Gasteiger partial charge >= 0.3 is 0 Å². The normalized spacial score (nSPS) is 14.7. The summed E-state index contributed by atoms with van der Waals surface area (Å²) in [7, 11) is 1.67. The van der Waals surface area contributed by atoms with Crippen molar-refractivity contribution in [2.75, 3.05) is 38.2 Å². The van der Waals surface area contributed by atoms with Crippen LogP contribution < -0.4 is 9.64 Å². The van der Waals surface area contributed by atoms with Crippen LogP contribution in [0.5, 0.6) is 5.75 Å². The van der Waals surface area contributed by atoms with E-state index in [4.69, 9.17) is 4.74 Å². The number of aromatic nitrogens is 2. The van der Waals surface area contributed by atoms with Crippen molar-refractivity contribution >= 4 is 17.2 Å². The minimum absolute atomic E-state index is 0.00230. The lowest BCUT2D eigenvalue weighted by molar-refractivity contribution is 0.0741. The average molecular weight is 350 g/mol. The molecule has 0 atom stereocenters. The van der Waals surface area contributed by atoms with E-state index >= 15 is 0 Å². The fourth-order valence-corrected chi connectivity index (χ4v) is 3.38. The Bertz CT molecular complexity index is 925. The number of pyridine rings is 1. The summed E-state index contributed by atoms with van der Waals surface area (Å²) in [5.41, 5.74) is 3.57. The number of benzene rings is 1. The number of hydrogen-bond acceptors (Lipinski definition) is 4. The first kappa shape index (κ1) is 16.4. The van der Waals surface area contributed by atoms with Gasteiger partial charge in [0.05, 0.1) is 7.11 Å². The number of aryl methyl sites for hydroxylation is 1. The largest absolute Gasteiger partial charge is 0.497 e. The molecule has 1 aliphatic rings. The maximum absolute atomic E-state index is 12.8. The molecule has 1 amide bonds. The molecule has 0 saturated carbocycles. The zero-order valence-electron chi connectivity index (χ0n) is 15.1. The maximum Gasteiger partial charge on any atom is 0.274 e. The number of anilines is 1. The molecule has 0 bridgehead atoms. The van der Waals surface area contributed by atoms with Gasteiger partial charge in [0.1, 0.15) is 17.1 Å². The van der Waals surface area contributed by atoms with Gasteiger partial charge in [0.2, 0.25) is 0 Å². The summed E-state index contributed by atoms with van der Waals surface area (Å²) in [6, 6.07) is 12.0. The molecule has 0 radical (unpaired) electrons. The zero-order chi connectivity index (χ0) is 18.1. The molecule has 1 aromatic carbocycles. The number of hydrogen-bond donors (Lipinski definition) is 0. The smallest absolute Gasteiger partial charge is 0.274 e. The predicted molar refractivity (Wildman–Crippen MR) is 101 cm³/mol. The van der Waals surface area contributed by atoms with E-state index in [0.717, 1.165) is 35.7 Å². The number of carbonyl (C=O) groups excluding carboxylic acids is 1. The van der Waals surface area contributed by atoms with Crippen molar-refractivity contribution in [1.29, 1.82) is 0 Å². The topological polar surface area (TPSA) is 50.1 Å². The highest BCUT2D eigenvalue weighted by atomic mass is 16.5. The van der Waals surface area contributed by atoms with Gasteiger partial charge in [-0.3, -0.25) is 4.79 Å². The van der Waals surface area contributed by atoms with E-state index in [1.165, 1.54) is 0 Å². The average Bonchev–Trinajstić information content (AvgIpc) is 3.13. The van der Waals surface area contributed by atoms with Gasteiger partial charge < -0.3 is 18.9 Å². The summed E-state index contributed by atoms with van der Waals surface area (Å²) in [4.78, 5) is 21.5. The van der Waals surface area contributed by atoms with E-state index in [2.05, 4.69) is 22.0 Å².